The fraction of sp³-hybridized carbons (Fsp3) is 0.600. The summed E-state index contributed by atoms with van der Waals surface area (Å²) in [5.74, 6) is 1.13. The number of hydrogen-bond acceptors (Lipinski definition) is 4. The Balaban J connectivity index is 1.73. The molecule has 2 unspecified atom stereocenters. The van der Waals surface area contributed by atoms with Gasteiger partial charge in [0.25, 0.3) is 0 Å². The summed E-state index contributed by atoms with van der Waals surface area (Å²) in [6, 6.07) is 3.36. The third-order valence-corrected chi connectivity index (χ3v) is 4.59. The molecule has 2 heterocycles. The molecule has 108 valence electrons. The molecule has 1 aliphatic heterocycles. The van der Waals surface area contributed by atoms with Gasteiger partial charge >= 0.3 is 0 Å². The summed E-state index contributed by atoms with van der Waals surface area (Å²) in [7, 11) is 0. The van der Waals surface area contributed by atoms with E-state index in [-0.39, 0.29) is 36.8 Å². The van der Waals surface area contributed by atoms with Crippen LogP contribution in [0.5, 0.6) is 0 Å². The first kappa shape index (κ1) is 13.4. The highest BCUT2D eigenvalue weighted by molar-refractivity contribution is 6.05. The summed E-state index contributed by atoms with van der Waals surface area (Å²) >= 11 is 0. The number of carbonyl (C=O) groups is 2. The summed E-state index contributed by atoms with van der Waals surface area (Å²) < 4.78 is 5.36. The van der Waals surface area contributed by atoms with E-state index < -0.39 is 0 Å². The summed E-state index contributed by atoms with van der Waals surface area (Å²) in [6.07, 6.45) is 2.70. The van der Waals surface area contributed by atoms with Gasteiger partial charge in [0.1, 0.15) is 18.1 Å². The highest BCUT2D eigenvalue weighted by Gasteiger charge is 2.52. The van der Waals surface area contributed by atoms with Crippen LogP contribution in [0.2, 0.25) is 0 Å². The number of aliphatic hydroxyl groups is 1. The van der Waals surface area contributed by atoms with Crippen molar-refractivity contribution < 1.29 is 19.1 Å². The Hall–Kier alpha value is -1.62. The number of furan rings is 1. The first-order chi connectivity index (χ1) is 9.63. The number of nitrogens with zero attached hydrogens (tertiary/aromatic N) is 1. The number of imide groups is 1. The molecule has 5 nitrogen and oxygen atoms in total. The second kappa shape index (κ2) is 5.05. The molecular weight excluding hydrogens is 258 g/mol. The van der Waals surface area contributed by atoms with Crippen molar-refractivity contribution in [3.8, 4) is 0 Å². The topological polar surface area (TPSA) is 70.8 Å². The van der Waals surface area contributed by atoms with Gasteiger partial charge in [-0.2, -0.15) is 0 Å². The molecule has 1 N–H and O–H groups in total. The van der Waals surface area contributed by atoms with Crippen LogP contribution < -0.4 is 0 Å². The molecule has 2 atom stereocenters. The van der Waals surface area contributed by atoms with Gasteiger partial charge in [0.15, 0.2) is 0 Å². The van der Waals surface area contributed by atoms with Gasteiger partial charge in [0.2, 0.25) is 11.8 Å². The molecule has 1 aliphatic carbocycles. The van der Waals surface area contributed by atoms with E-state index in [1.807, 2.05) is 0 Å². The first-order valence-corrected chi connectivity index (χ1v) is 7.17. The monoisotopic (exact) mass is 277 g/mol. The Labute approximate surface area is 117 Å². The maximum atomic E-state index is 12.4. The van der Waals surface area contributed by atoms with Gasteiger partial charge in [-0.05, 0) is 30.9 Å². The maximum absolute atomic E-state index is 12.4. The van der Waals surface area contributed by atoms with Gasteiger partial charge in [-0.25, -0.2) is 0 Å². The lowest BCUT2D eigenvalue weighted by Crippen LogP contribution is -2.31. The molecule has 3 rings (SSSR count). The molecule has 5 heteroatoms. The van der Waals surface area contributed by atoms with Crippen molar-refractivity contribution in [2.45, 2.75) is 39.3 Å². The maximum Gasteiger partial charge on any atom is 0.233 e. The van der Waals surface area contributed by atoms with E-state index in [4.69, 9.17) is 9.52 Å². The number of rotatable bonds is 4. The Morgan fingerprint density at radius 2 is 1.80 bits per heavy atom. The van der Waals surface area contributed by atoms with Crippen LogP contribution in [0.4, 0.5) is 0 Å². The average Bonchev–Trinajstić information content (AvgIpc) is 3.13. The molecule has 0 spiro atoms. The Morgan fingerprint density at radius 3 is 2.30 bits per heavy atom. The average molecular weight is 277 g/mol. The minimum absolute atomic E-state index is 0.0575. The molecule has 2 amide bonds. The predicted octanol–water partition coefficient (Wildman–Crippen LogP) is 1.69. The number of fused-ring (bicyclic) bond motifs is 1. The predicted molar refractivity (Wildman–Crippen MR) is 70.2 cm³/mol. The standard InChI is InChI=1S/C15H19NO4/c1-2-9-5-12-13(6-9)15(19)16(14(12)18)7-10-3-4-11(8-17)20-10/h3-4,9,12-13,17H,2,5-8H2,1H3. The lowest BCUT2D eigenvalue weighted by atomic mass is 10.00. The van der Waals surface area contributed by atoms with Crippen LogP contribution in [-0.4, -0.2) is 21.8 Å². The molecule has 20 heavy (non-hydrogen) atoms. The van der Waals surface area contributed by atoms with Crippen LogP contribution in [-0.2, 0) is 22.7 Å². The Kier molecular flexibility index (Phi) is 3.38. The van der Waals surface area contributed by atoms with Crippen LogP contribution in [0.25, 0.3) is 0 Å². The molecule has 2 aliphatic rings. The molecule has 1 saturated heterocycles. The van der Waals surface area contributed by atoms with Crippen LogP contribution in [0.3, 0.4) is 0 Å². The van der Waals surface area contributed by atoms with Crippen molar-refractivity contribution in [1.29, 1.82) is 0 Å². The van der Waals surface area contributed by atoms with Gasteiger partial charge in [-0.15, -0.1) is 0 Å². The fourth-order valence-electron chi connectivity index (χ4n) is 3.44. The zero-order valence-electron chi connectivity index (χ0n) is 11.5. The lowest BCUT2D eigenvalue weighted by Gasteiger charge is -2.16. The molecule has 0 bridgehead atoms. The van der Waals surface area contributed by atoms with E-state index in [9.17, 15) is 9.59 Å². The summed E-state index contributed by atoms with van der Waals surface area (Å²) in [5, 5.41) is 8.96. The van der Waals surface area contributed by atoms with Crippen molar-refractivity contribution in [2.24, 2.45) is 17.8 Å². The van der Waals surface area contributed by atoms with Crippen LogP contribution in [0.1, 0.15) is 37.7 Å². The summed E-state index contributed by atoms with van der Waals surface area (Å²) in [6.45, 7) is 2.12. The van der Waals surface area contributed by atoms with Crippen molar-refractivity contribution in [3.05, 3.63) is 23.7 Å². The van der Waals surface area contributed by atoms with Gasteiger partial charge in [0.05, 0.1) is 18.4 Å². The smallest absolute Gasteiger partial charge is 0.233 e. The van der Waals surface area contributed by atoms with E-state index in [1.165, 1.54) is 4.90 Å². The largest absolute Gasteiger partial charge is 0.462 e. The van der Waals surface area contributed by atoms with E-state index >= 15 is 0 Å². The quantitative estimate of drug-likeness (QED) is 0.850. The number of likely N-dealkylation sites (tertiary alicyclic amines) is 1. The third-order valence-electron chi connectivity index (χ3n) is 4.59. The molecule has 1 saturated carbocycles. The van der Waals surface area contributed by atoms with Gasteiger partial charge < -0.3 is 9.52 Å². The second-order valence-corrected chi connectivity index (χ2v) is 5.75. The fourth-order valence-corrected chi connectivity index (χ4v) is 3.44. The van der Waals surface area contributed by atoms with Crippen LogP contribution in [0, 0.1) is 17.8 Å². The van der Waals surface area contributed by atoms with Crippen molar-refractivity contribution in [2.75, 3.05) is 0 Å². The minimum atomic E-state index is -0.175. The number of amides is 2. The first-order valence-electron chi connectivity index (χ1n) is 7.17. The molecule has 2 fully saturated rings. The number of hydrogen-bond donors (Lipinski definition) is 1. The number of aliphatic hydroxyl groups excluding tert-OH is 1. The molecular formula is C15H19NO4. The van der Waals surface area contributed by atoms with E-state index in [2.05, 4.69) is 6.92 Å². The van der Waals surface area contributed by atoms with E-state index in [0.29, 0.717) is 17.4 Å². The van der Waals surface area contributed by atoms with Crippen molar-refractivity contribution in [1.82, 2.24) is 4.90 Å². The molecule has 1 aromatic heterocycles. The zero-order valence-corrected chi connectivity index (χ0v) is 11.5. The van der Waals surface area contributed by atoms with E-state index in [0.717, 1.165) is 19.3 Å². The lowest BCUT2D eigenvalue weighted by molar-refractivity contribution is -0.141. The molecule has 1 aromatic rings. The summed E-state index contributed by atoms with van der Waals surface area (Å²) in [5.41, 5.74) is 0. The van der Waals surface area contributed by atoms with Crippen molar-refractivity contribution in [3.63, 3.8) is 0 Å². The Bertz CT molecular complexity index is 512. The summed E-state index contributed by atoms with van der Waals surface area (Å²) in [4.78, 5) is 26.0. The van der Waals surface area contributed by atoms with Gasteiger partial charge in [0, 0.05) is 0 Å². The second-order valence-electron chi connectivity index (χ2n) is 5.75. The number of carbonyl (C=O) groups excluding carboxylic acids is 2. The van der Waals surface area contributed by atoms with Crippen molar-refractivity contribution >= 4 is 11.8 Å². The van der Waals surface area contributed by atoms with Crippen LogP contribution in [0.15, 0.2) is 16.5 Å². The van der Waals surface area contributed by atoms with Gasteiger partial charge in [-0.1, -0.05) is 13.3 Å². The third kappa shape index (κ3) is 2.06. The SMILES string of the molecule is CCC1CC2C(=O)N(Cc3ccc(CO)o3)C(=O)C2C1. The highest BCUT2D eigenvalue weighted by Crippen LogP contribution is 2.44. The molecule has 0 aromatic carbocycles. The van der Waals surface area contributed by atoms with E-state index in [1.54, 1.807) is 12.1 Å². The highest BCUT2D eigenvalue weighted by atomic mass is 16.4. The minimum Gasteiger partial charge on any atom is -0.462 e. The molecule has 0 radical (unpaired) electrons. The van der Waals surface area contributed by atoms with Crippen LogP contribution >= 0.6 is 0 Å². The Morgan fingerprint density at radius 1 is 1.20 bits per heavy atom. The van der Waals surface area contributed by atoms with Gasteiger partial charge in [-0.3, -0.25) is 14.5 Å². The zero-order chi connectivity index (χ0) is 14.3. The normalized spacial score (nSPS) is 29.3.